The normalized spacial score (nSPS) is 12.4. The van der Waals surface area contributed by atoms with Crippen LogP contribution in [0.2, 0.25) is 5.04 Å². The van der Waals surface area contributed by atoms with Crippen molar-refractivity contribution in [2.45, 2.75) is 64.6 Å². The molecule has 14 heteroatoms. The van der Waals surface area contributed by atoms with Crippen molar-refractivity contribution >= 4 is 53.6 Å². The van der Waals surface area contributed by atoms with Crippen molar-refractivity contribution in [3.8, 4) is 5.75 Å². The summed E-state index contributed by atoms with van der Waals surface area (Å²) >= 11 is 0. The molecule has 0 saturated heterocycles. The number of fused-ring (bicyclic) bond motifs is 1. The molecule has 0 spiro atoms. The van der Waals surface area contributed by atoms with Crippen LogP contribution in [0.1, 0.15) is 62.9 Å². The maximum absolute atomic E-state index is 14.5. The van der Waals surface area contributed by atoms with Crippen molar-refractivity contribution in [1.82, 2.24) is 19.7 Å². The van der Waals surface area contributed by atoms with Gasteiger partial charge in [-0.25, -0.2) is 19.0 Å². The van der Waals surface area contributed by atoms with Gasteiger partial charge >= 0.3 is 12.1 Å². The number of anilines is 2. The molecule has 1 amide bonds. The van der Waals surface area contributed by atoms with Gasteiger partial charge in [-0.3, -0.25) is 10.00 Å². The first-order chi connectivity index (χ1) is 24.9. The first kappa shape index (κ1) is 37.9. The van der Waals surface area contributed by atoms with E-state index in [1.54, 1.807) is 4.68 Å². The molecule has 0 saturated carbocycles. The van der Waals surface area contributed by atoms with Crippen molar-refractivity contribution in [1.29, 1.82) is 0 Å². The third-order valence-electron chi connectivity index (χ3n) is 8.99. The number of aromatic carboxylic acids is 1. The van der Waals surface area contributed by atoms with E-state index < -0.39 is 31.8 Å². The van der Waals surface area contributed by atoms with E-state index in [9.17, 15) is 19.1 Å². The predicted molar refractivity (Wildman–Crippen MR) is 201 cm³/mol. The van der Waals surface area contributed by atoms with Gasteiger partial charge in [0.2, 0.25) is 5.95 Å². The van der Waals surface area contributed by atoms with Gasteiger partial charge in [0.15, 0.2) is 5.82 Å². The molecular weight excluding hydrogens is 684 g/mol. The number of methoxy groups -OCH3 is 2. The Kier molecular flexibility index (Phi) is 11.9. The molecule has 12 nitrogen and oxygen atoms in total. The average molecular weight is 729 g/mol. The molecule has 0 radical (unpaired) electrons. The lowest BCUT2D eigenvalue weighted by Crippen LogP contribution is -2.66. The number of amides is 1. The van der Waals surface area contributed by atoms with Gasteiger partial charge < -0.3 is 24.3 Å². The standard InChI is InChI=1S/C38H45FN6O6Si/c1-7-14-26(19-20-51-52(38(2,3)4,27-15-10-8-11-16-27)28-17-12-9-13-18-28)41-34-33-31(42-36(43-34)44-37(48)50-6)23-40-45(33)24-25-21-29(35(46)47)30(39)22-32(25)49-5/h8-13,15-18,21-23,26H,7,14,19-20,24H2,1-6H3,(H,46,47)(H2,41,42,43,44,48). The number of carboxylic acid groups (broad SMARTS) is 1. The van der Waals surface area contributed by atoms with Crippen LogP contribution < -0.4 is 25.7 Å². The van der Waals surface area contributed by atoms with E-state index in [4.69, 9.17) is 13.9 Å². The highest BCUT2D eigenvalue weighted by atomic mass is 28.4. The number of rotatable bonds is 15. The Labute approximate surface area is 303 Å². The summed E-state index contributed by atoms with van der Waals surface area (Å²) < 4.78 is 33.5. The highest BCUT2D eigenvalue weighted by molar-refractivity contribution is 6.99. The van der Waals surface area contributed by atoms with Crippen molar-refractivity contribution in [3.63, 3.8) is 0 Å². The van der Waals surface area contributed by atoms with Gasteiger partial charge in [-0.2, -0.15) is 10.1 Å². The van der Waals surface area contributed by atoms with Crippen molar-refractivity contribution < 1.29 is 33.0 Å². The zero-order valence-electron chi connectivity index (χ0n) is 30.3. The van der Waals surface area contributed by atoms with Gasteiger partial charge in [0.1, 0.15) is 22.6 Å². The molecule has 0 aliphatic carbocycles. The summed E-state index contributed by atoms with van der Waals surface area (Å²) in [5, 5.41) is 22.4. The van der Waals surface area contributed by atoms with Crippen LogP contribution in [0, 0.1) is 5.82 Å². The summed E-state index contributed by atoms with van der Waals surface area (Å²) in [5.41, 5.74) is 0.795. The van der Waals surface area contributed by atoms with E-state index in [0.717, 1.165) is 18.9 Å². The molecule has 0 bridgehead atoms. The second-order valence-corrected chi connectivity index (χ2v) is 17.7. The maximum Gasteiger partial charge on any atom is 0.413 e. The van der Waals surface area contributed by atoms with Crippen LogP contribution >= 0.6 is 0 Å². The molecule has 0 aliphatic heterocycles. The molecular formula is C38H45FN6O6Si. The lowest BCUT2D eigenvalue weighted by molar-refractivity contribution is 0.0691. The number of ether oxygens (including phenoxy) is 2. The molecule has 5 rings (SSSR count). The SMILES string of the molecule is CCCC(CCO[Si](c1ccccc1)(c1ccccc1)C(C)(C)C)Nc1nc(NC(=O)OC)nc2cnn(Cc3cc(C(=O)O)c(F)cc3OC)c12. The van der Waals surface area contributed by atoms with Crippen LogP contribution in [-0.4, -0.2) is 72.1 Å². The van der Waals surface area contributed by atoms with Crippen LogP contribution in [0.4, 0.5) is 21.0 Å². The summed E-state index contributed by atoms with van der Waals surface area (Å²) in [6.45, 7) is 9.30. The first-order valence-corrected chi connectivity index (χ1v) is 19.0. The monoisotopic (exact) mass is 728 g/mol. The van der Waals surface area contributed by atoms with Crippen molar-refractivity contribution in [2.24, 2.45) is 0 Å². The largest absolute Gasteiger partial charge is 0.496 e. The Bertz CT molecular complexity index is 1970. The second-order valence-electron chi connectivity index (χ2n) is 13.4. The number of aromatic nitrogens is 4. The minimum atomic E-state index is -2.78. The van der Waals surface area contributed by atoms with Crippen LogP contribution in [0.3, 0.4) is 0 Å². The zero-order chi connectivity index (χ0) is 37.5. The lowest BCUT2D eigenvalue weighted by Gasteiger charge is -2.43. The number of nitrogens with zero attached hydrogens (tertiary/aromatic N) is 4. The van der Waals surface area contributed by atoms with Gasteiger partial charge in [-0.15, -0.1) is 0 Å². The van der Waals surface area contributed by atoms with Gasteiger partial charge in [0.05, 0.1) is 32.5 Å². The quantitative estimate of drug-likeness (QED) is 0.103. The van der Waals surface area contributed by atoms with E-state index in [1.807, 2.05) is 12.1 Å². The van der Waals surface area contributed by atoms with Crippen LogP contribution in [0.25, 0.3) is 11.0 Å². The number of carbonyl (C=O) groups excluding carboxylic acids is 1. The van der Waals surface area contributed by atoms with Crippen molar-refractivity contribution in [3.05, 3.63) is 95.9 Å². The summed E-state index contributed by atoms with van der Waals surface area (Å²) in [6, 6.07) is 23.1. The Balaban J connectivity index is 1.51. The Hall–Kier alpha value is -5.34. The molecule has 1 unspecified atom stereocenters. The Morgan fingerprint density at radius 2 is 1.63 bits per heavy atom. The van der Waals surface area contributed by atoms with Gasteiger partial charge in [0, 0.05) is 24.3 Å². The number of hydrogen-bond donors (Lipinski definition) is 3. The fourth-order valence-corrected chi connectivity index (χ4v) is 11.2. The second kappa shape index (κ2) is 16.3. The average Bonchev–Trinajstić information content (AvgIpc) is 3.53. The van der Waals surface area contributed by atoms with E-state index in [-0.39, 0.29) is 29.3 Å². The number of carboxylic acids is 1. The molecule has 0 aliphatic rings. The molecule has 2 heterocycles. The number of carbonyl (C=O) groups is 2. The molecule has 0 fully saturated rings. The number of hydrogen-bond acceptors (Lipinski definition) is 9. The maximum atomic E-state index is 14.5. The number of benzene rings is 3. The van der Waals surface area contributed by atoms with Gasteiger partial charge in [-0.05, 0) is 34.3 Å². The van der Waals surface area contributed by atoms with Crippen LogP contribution in [0.15, 0.2) is 79.0 Å². The third-order valence-corrected chi connectivity index (χ3v) is 14.0. The summed E-state index contributed by atoms with van der Waals surface area (Å²) in [6.07, 6.45) is 3.05. The summed E-state index contributed by atoms with van der Waals surface area (Å²) in [5.74, 6) is -1.76. The molecule has 52 heavy (non-hydrogen) atoms. The van der Waals surface area contributed by atoms with E-state index in [2.05, 4.69) is 102 Å². The fourth-order valence-electron chi connectivity index (χ4n) is 6.60. The Morgan fingerprint density at radius 1 is 0.981 bits per heavy atom. The minimum Gasteiger partial charge on any atom is -0.496 e. The topological polar surface area (TPSA) is 150 Å². The van der Waals surface area contributed by atoms with E-state index in [1.165, 1.54) is 36.9 Å². The Morgan fingerprint density at radius 3 is 2.19 bits per heavy atom. The lowest BCUT2D eigenvalue weighted by atomic mass is 10.1. The number of nitrogens with one attached hydrogen (secondary N) is 2. The molecule has 3 aromatic carbocycles. The van der Waals surface area contributed by atoms with E-state index in [0.29, 0.717) is 35.4 Å². The predicted octanol–water partition coefficient (Wildman–Crippen LogP) is 6.45. The smallest absolute Gasteiger partial charge is 0.413 e. The summed E-state index contributed by atoms with van der Waals surface area (Å²) in [4.78, 5) is 33.1. The highest BCUT2D eigenvalue weighted by Gasteiger charge is 2.50. The minimum absolute atomic E-state index is 0.00716. The fraction of sp³-hybridized carbons (Fsp3) is 0.342. The zero-order valence-corrected chi connectivity index (χ0v) is 31.3. The van der Waals surface area contributed by atoms with Crippen LogP contribution in [0.5, 0.6) is 5.75 Å². The van der Waals surface area contributed by atoms with E-state index >= 15 is 0 Å². The highest BCUT2D eigenvalue weighted by Crippen LogP contribution is 2.37. The number of halogens is 1. The first-order valence-electron chi connectivity index (χ1n) is 17.1. The molecule has 5 aromatic rings. The molecule has 1 atom stereocenters. The van der Waals surface area contributed by atoms with Crippen LogP contribution in [-0.2, 0) is 15.7 Å². The summed E-state index contributed by atoms with van der Waals surface area (Å²) in [7, 11) is -0.157. The molecule has 2 aromatic heterocycles. The van der Waals surface area contributed by atoms with Gasteiger partial charge in [-0.1, -0.05) is 94.8 Å². The van der Waals surface area contributed by atoms with Gasteiger partial charge in [0.25, 0.3) is 8.32 Å². The third kappa shape index (κ3) is 8.08. The molecule has 274 valence electrons. The molecule has 3 N–H and O–H groups in total. The van der Waals surface area contributed by atoms with Crippen molar-refractivity contribution in [2.75, 3.05) is 31.5 Å².